The second kappa shape index (κ2) is 5.81. The summed E-state index contributed by atoms with van der Waals surface area (Å²) in [7, 11) is 0. The molecule has 0 saturated heterocycles. The molecule has 1 aromatic carbocycles. The molecule has 0 fully saturated rings. The first-order valence-corrected chi connectivity index (χ1v) is 6.78. The molecule has 0 spiro atoms. The van der Waals surface area contributed by atoms with Crippen LogP contribution in [-0.2, 0) is 0 Å². The minimum atomic E-state index is 0.642. The van der Waals surface area contributed by atoms with Crippen LogP contribution in [0.3, 0.4) is 0 Å². The first kappa shape index (κ1) is 12.8. The lowest BCUT2D eigenvalue weighted by Crippen LogP contribution is -1.97. The molecular formula is C17H21N. The van der Waals surface area contributed by atoms with Crippen molar-refractivity contribution in [1.82, 2.24) is 4.98 Å². The zero-order chi connectivity index (χ0) is 13.0. The van der Waals surface area contributed by atoms with E-state index in [9.17, 15) is 0 Å². The van der Waals surface area contributed by atoms with Crippen molar-refractivity contribution in [3.05, 3.63) is 53.7 Å². The highest BCUT2D eigenvalue weighted by molar-refractivity contribution is 5.63. The van der Waals surface area contributed by atoms with Crippen molar-refractivity contribution in [3.8, 4) is 11.3 Å². The Morgan fingerprint density at radius 3 is 2.28 bits per heavy atom. The fourth-order valence-corrected chi connectivity index (χ4v) is 2.43. The van der Waals surface area contributed by atoms with Crippen molar-refractivity contribution < 1.29 is 0 Å². The topological polar surface area (TPSA) is 12.9 Å². The lowest BCUT2D eigenvalue weighted by atomic mass is 9.95. The van der Waals surface area contributed by atoms with Crippen LogP contribution in [-0.4, -0.2) is 4.98 Å². The fourth-order valence-electron chi connectivity index (χ4n) is 2.43. The number of aromatic nitrogens is 1. The van der Waals surface area contributed by atoms with Crippen LogP contribution in [0.2, 0.25) is 0 Å². The van der Waals surface area contributed by atoms with Crippen molar-refractivity contribution in [3.63, 3.8) is 0 Å². The number of benzene rings is 1. The van der Waals surface area contributed by atoms with E-state index < -0.39 is 0 Å². The molecule has 1 nitrogen and oxygen atoms in total. The van der Waals surface area contributed by atoms with Crippen LogP contribution in [0.4, 0.5) is 0 Å². The molecule has 2 rings (SSSR count). The van der Waals surface area contributed by atoms with Crippen LogP contribution in [0.1, 0.15) is 43.7 Å². The standard InChI is InChI=1S/C17H21N/c1-4-14(5-2)15-10-11-17(18-12-15)16-9-7-6-8-13(16)3/h6-12,14H,4-5H2,1-3H3. The molecule has 0 aliphatic carbocycles. The maximum absolute atomic E-state index is 4.63. The summed E-state index contributed by atoms with van der Waals surface area (Å²) in [5, 5.41) is 0. The summed E-state index contributed by atoms with van der Waals surface area (Å²) >= 11 is 0. The normalized spacial score (nSPS) is 10.9. The van der Waals surface area contributed by atoms with Gasteiger partial charge in [0.1, 0.15) is 0 Å². The highest BCUT2D eigenvalue weighted by atomic mass is 14.7. The zero-order valence-electron chi connectivity index (χ0n) is 11.5. The summed E-state index contributed by atoms with van der Waals surface area (Å²) in [6.07, 6.45) is 4.41. The van der Waals surface area contributed by atoms with Crippen LogP contribution in [0.25, 0.3) is 11.3 Å². The van der Waals surface area contributed by atoms with E-state index in [1.165, 1.54) is 29.5 Å². The molecule has 0 unspecified atom stereocenters. The van der Waals surface area contributed by atoms with Gasteiger partial charge < -0.3 is 0 Å². The quantitative estimate of drug-likeness (QED) is 0.734. The average molecular weight is 239 g/mol. The molecule has 0 N–H and O–H groups in total. The van der Waals surface area contributed by atoms with Gasteiger partial charge in [-0.3, -0.25) is 4.98 Å². The van der Waals surface area contributed by atoms with Crippen molar-refractivity contribution in [2.75, 3.05) is 0 Å². The van der Waals surface area contributed by atoms with Gasteiger partial charge in [0, 0.05) is 11.8 Å². The van der Waals surface area contributed by atoms with Gasteiger partial charge in [0.05, 0.1) is 5.69 Å². The van der Waals surface area contributed by atoms with Crippen LogP contribution in [0, 0.1) is 6.92 Å². The van der Waals surface area contributed by atoms with Crippen molar-refractivity contribution in [2.45, 2.75) is 39.5 Å². The Morgan fingerprint density at radius 2 is 1.72 bits per heavy atom. The molecule has 0 radical (unpaired) electrons. The number of hydrogen-bond donors (Lipinski definition) is 0. The van der Waals surface area contributed by atoms with Gasteiger partial charge in [-0.25, -0.2) is 0 Å². The summed E-state index contributed by atoms with van der Waals surface area (Å²) in [5.41, 5.74) is 4.94. The third-order valence-corrected chi connectivity index (χ3v) is 3.66. The predicted molar refractivity (Wildman–Crippen MR) is 77.7 cm³/mol. The number of aryl methyl sites for hydroxylation is 1. The Balaban J connectivity index is 2.30. The first-order valence-electron chi connectivity index (χ1n) is 6.78. The Morgan fingerprint density at radius 1 is 1.00 bits per heavy atom. The van der Waals surface area contributed by atoms with E-state index in [-0.39, 0.29) is 0 Å². The zero-order valence-corrected chi connectivity index (χ0v) is 11.5. The predicted octanol–water partition coefficient (Wildman–Crippen LogP) is 4.96. The van der Waals surface area contributed by atoms with Gasteiger partial charge in [-0.15, -0.1) is 0 Å². The Hall–Kier alpha value is -1.63. The average Bonchev–Trinajstić information content (AvgIpc) is 2.42. The fraction of sp³-hybridized carbons (Fsp3) is 0.353. The number of rotatable bonds is 4. The molecule has 94 valence electrons. The number of nitrogens with zero attached hydrogens (tertiary/aromatic N) is 1. The summed E-state index contributed by atoms with van der Waals surface area (Å²) in [6, 6.07) is 12.8. The summed E-state index contributed by atoms with van der Waals surface area (Å²) < 4.78 is 0. The Bertz CT molecular complexity index is 495. The van der Waals surface area contributed by atoms with Crippen LogP contribution < -0.4 is 0 Å². The lowest BCUT2D eigenvalue weighted by molar-refractivity contribution is 0.639. The van der Waals surface area contributed by atoms with E-state index in [4.69, 9.17) is 0 Å². The highest BCUT2D eigenvalue weighted by Gasteiger charge is 2.08. The molecule has 0 saturated carbocycles. The van der Waals surface area contributed by atoms with Gasteiger partial charge in [0.25, 0.3) is 0 Å². The number of hydrogen-bond acceptors (Lipinski definition) is 1. The van der Waals surface area contributed by atoms with E-state index in [2.05, 4.69) is 62.2 Å². The van der Waals surface area contributed by atoms with E-state index in [0.717, 1.165) is 5.69 Å². The molecule has 2 aromatic rings. The van der Waals surface area contributed by atoms with Crippen LogP contribution in [0.15, 0.2) is 42.6 Å². The van der Waals surface area contributed by atoms with Gasteiger partial charge in [0.15, 0.2) is 0 Å². The molecule has 0 aliphatic heterocycles. The minimum Gasteiger partial charge on any atom is -0.256 e. The van der Waals surface area contributed by atoms with Gasteiger partial charge in [-0.2, -0.15) is 0 Å². The van der Waals surface area contributed by atoms with Crippen molar-refractivity contribution >= 4 is 0 Å². The first-order chi connectivity index (χ1) is 8.76. The third-order valence-electron chi connectivity index (χ3n) is 3.66. The van der Waals surface area contributed by atoms with E-state index >= 15 is 0 Å². The maximum atomic E-state index is 4.63. The van der Waals surface area contributed by atoms with Gasteiger partial charge in [-0.1, -0.05) is 44.2 Å². The molecule has 0 bridgehead atoms. The van der Waals surface area contributed by atoms with E-state index in [0.29, 0.717) is 5.92 Å². The highest BCUT2D eigenvalue weighted by Crippen LogP contribution is 2.25. The van der Waals surface area contributed by atoms with Gasteiger partial charge in [0.2, 0.25) is 0 Å². The Labute approximate surface area is 110 Å². The lowest BCUT2D eigenvalue weighted by Gasteiger charge is -2.13. The molecule has 0 aliphatic rings. The number of pyridine rings is 1. The summed E-state index contributed by atoms with van der Waals surface area (Å²) in [5.74, 6) is 0.642. The largest absolute Gasteiger partial charge is 0.256 e. The molecule has 0 amide bonds. The molecule has 1 aromatic heterocycles. The third kappa shape index (κ3) is 2.61. The van der Waals surface area contributed by atoms with Gasteiger partial charge >= 0.3 is 0 Å². The van der Waals surface area contributed by atoms with Crippen LogP contribution in [0.5, 0.6) is 0 Å². The van der Waals surface area contributed by atoms with Crippen molar-refractivity contribution in [1.29, 1.82) is 0 Å². The summed E-state index contributed by atoms with van der Waals surface area (Å²) in [4.78, 5) is 4.63. The van der Waals surface area contributed by atoms with Crippen molar-refractivity contribution in [2.24, 2.45) is 0 Å². The SMILES string of the molecule is CCC(CC)c1ccc(-c2ccccc2C)nc1. The second-order valence-electron chi connectivity index (χ2n) is 4.81. The second-order valence-corrected chi connectivity index (χ2v) is 4.81. The monoisotopic (exact) mass is 239 g/mol. The molecule has 18 heavy (non-hydrogen) atoms. The van der Waals surface area contributed by atoms with E-state index in [1.54, 1.807) is 0 Å². The molecule has 0 atom stereocenters. The van der Waals surface area contributed by atoms with E-state index in [1.807, 2.05) is 6.20 Å². The van der Waals surface area contributed by atoms with Crippen LogP contribution >= 0.6 is 0 Å². The maximum Gasteiger partial charge on any atom is 0.0704 e. The van der Waals surface area contributed by atoms with Gasteiger partial charge in [-0.05, 0) is 42.9 Å². The minimum absolute atomic E-state index is 0.642. The molecule has 1 heterocycles. The molecular weight excluding hydrogens is 218 g/mol. The Kier molecular flexibility index (Phi) is 4.14. The molecule has 1 heteroatoms. The summed E-state index contributed by atoms with van der Waals surface area (Å²) in [6.45, 7) is 6.61. The smallest absolute Gasteiger partial charge is 0.0704 e.